The van der Waals surface area contributed by atoms with Crippen molar-refractivity contribution in [1.29, 1.82) is 0 Å². The van der Waals surface area contributed by atoms with E-state index in [-0.39, 0.29) is 17.7 Å². The van der Waals surface area contributed by atoms with Gasteiger partial charge in [0.05, 0.1) is 11.8 Å². The molecule has 3 rings (SSSR count). The summed E-state index contributed by atoms with van der Waals surface area (Å²) in [5.41, 5.74) is 0.586. The lowest BCUT2D eigenvalue weighted by Crippen LogP contribution is -2.51. The number of carboxylic acid groups (broad SMARTS) is 1. The zero-order valence-electron chi connectivity index (χ0n) is 13.3. The molecule has 2 saturated heterocycles. The fourth-order valence-electron chi connectivity index (χ4n) is 3.15. The molecule has 1 aromatic rings. The normalized spacial score (nSPS) is 21.8. The number of benzene rings is 1. The van der Waals surface area contributed by atoms with Crippen LogP contribution >= 0.6 is 11.8 Å². The second-order valence-corrected chi connectivity index (χ2v) is 7.09. The Morgan fingerprint density at radius 3 is 2.38 bits per heavy atom. The first kappa shape index (κ1) is 16.8. The molecule has 2 aliphatic rings. The first-order chi connectivity index (χ1) is 11.6. The first-order valence-corrected chi connectivity index (χ1v) is 9.18. The van der Waals surface area contributed by atoms with Gasteiger partial charge in [0.15, 0.2) is 0 Å². The van der Waals surface area contributed by atoms with E-state index in [9.17, 15) is 14.4 Å². The number of hydrogen-bond acceptors (Lipinski definition) is 4. The third kappa shape index (κ3) is 3.40. The van der Waals surface area contributed by atoms with E-state index < -0.39 is 12.0 Å². The molecule has 1 aromatic carbocycles. The molecule has 0 saturated carbocycles. The van der Waals surface area contributed by atoms with Crippen LogP contribution in [0.3, 0.4) is 0 Å². The van der Waals surface area contributed by atoms with Gasteiger partial charge in [-0.3, -0.25) is 14.4 Å². The fraction of sp³-hybridized carbons (Fsp3) is 0.471. The van der Waals surface area contributed by atoms with E-state index in [1.807, 2.05) is 18.2 Å². The molecular formula is C17H20N2O4S. The summed E-state index contributed by atoms with van der Waals surface area (Å²) in [6.45, 7) is 0.897. The average molecular weight is 348 g/mol. The zero-order chi connectivity index (χ0) is 17.1. The third-order valence-electron chi connectivity index (χ3n) is 4.60. The summed E-state index contributed by atoms with van der Waals surface area (Å²) in [6.07, 6.45) is 0.959. The van der Waals surface area contributed by atoms with Crippen molar-refractivity contribution in [2.24, 2.45) is 5.92 Å². The molecule has 7 heteroatoms. The van der Waals surface area contributed by atoms with E-state index in [1.54, 1.807) is 33.7 Å². The predicted octanol–water partition coefficient (Wildman–Crippen LogP) is 1.52. The molecule has 1 atom stereocenters. The van der Waals surface area contributed by atoms with Gasteiger partial charge in [-0.1, -0.05) is 18.2 Å². The summed E-state index contributed by atoms with van der Waals surface area (Å²) in [4.78, 5) is 39.8. The van der Waals surface area contributed by atoms with Crippen molar-refractivity contribution >= 4 is 29.5 Å². The largest absolute Gasteiger partial charge is 0.481 e. The second kappa shape index (κ2) is 7.25. The van der Waals surface area contributed by atoms with Crippen LogP contribution in [0.2, 0.25) is 0 Å². The van der Waals surface area contributed by atoms with Crippen LogP contribution < -0.4 is 0 Å². The molecule has 2 aliphatic heterocycles. The van der Waals surface area contributed by atoms with Gasteiger partial charge in [0.2, 0.25) is 5.91 Å². The summed E-state index contributed by atoms with van der Waals surface area (Å²) in [5.74, 6) is -0.243. The highest BCUT2D eigenvalue weighted by atomic mass is 32.2. The van der Waals surface area contributed by atoms with Gasteiger partial charge in [0.25, 0.3) is 5.91 Å². The highest BCUT2D eigenvalue weighted by molar-refractivity contribution is 7.99. The minimum Gasteiger partial charge on any atom is -0.481 e. The lowest BCUT2D eigenvalue weighted by molar-refractivity contribution is -0.146. The van der Waals surface area contributed by atoms with Crippen molar-refractivity contribution in [2.45, 2.75) is 18.9 Å². The van der Waals surface area contributed by atoms with Crippen molar-refractivity contribution in [3.05, 3.63) is 35.9 Å². The number of thioether (sulfide) groups is 1. The van der Waals surface area contributed by atoms with Crippen LogP contribution in [0.1, 0.15) is 23.2 Å². The second-order valence-electron chi connectivity index (χ2n) is 6.09. The average Bonchev–Trinajstić information content (AvgIpc) is 3.11. The number of carbonyl (C=O) groups excluding carboxylic acids is 2. The van der Waals surface area contributed by atoms with Gasteiger partial charge < -0.3 is 14.9 Å². The van der Waals surface area contributed by atoms with Gasteiger partial charge in [-0.2, -0.15) is 0 Å². The fourth-order valence-corrected chi connectivity index (χ4v) is 4.30. The van der Waals surface area contributed by atoms with Crippen LogP contribution in [0.15, 0.2) is 30.3 Å². The van der Waals surface area contributed by atoms with Crippen LogP contribution in [0.4, 0.5) is 0 Å². The van der Waals surface area contributed by atoms with Gasteiger partial charge in [0.1, 0.15) is 6.04 Å². The summed E-state index contributed by atoms with van der Waals surface area (Å²) < 4.78 is 0. The Bertz CT molecular complexity index is 629. The quantitative estimate of drug-likeness (QED) is 0.896. The maximum Gasteiger partial charge on any atom is 0.306 e. The maximum absolute atomic E-state index is 12.8. The monoisotopic (exact) mass is 348 g/mol. The lowest BCUT2D eigenvalue weighted by atomic mass is 9.96. The Morgan fingerprint density at radius 2 is 1.75 bits per heavy atom. The van der Waals surface area contributed by atoms with E-state index in [1.165, 1.54) is 0 Å². The molecule has 0 aromatic heterocycles. The minimum atomic E-state index is -0.792. The van der Waals surface area contributed by atoms with Crippen molar-refractivity contribution < 1.29 is 19.5 Å². The van der Waals surface area contributed by atoms with Crippen LogP contribution in [-0.2, 0) is 9.59 Å². The van der Waals surface area contributed by atoms with Crippen molar-refractivity contribution in [3.8, 4) is 0 Å². The van der Waals surface area contributed by atoms with Crippen LogP contribution in [-0.4, -0.2) is 63.5 Å². The highest BCUT2D eigenvalue weighted by Crippen LogP contribution is 2.26. The molecule has 24 heavy (non-hydrogen) atoms. The molecule has 0 spiro atoms. The third-order valence-corrected chi connectivity index (χ3v) is 5.62. The van der Waals surface area contributed by atoms with E-state index in [0.717, 1.165) is 0 Å². The first-order valence-electron chi connectivity index (χ1n) is 8.03. The van der Waals surface area contributed by atoms with Gasteiger partial charge in [0, 0.05) is 24.4 Å². The molecule has 2 amide bonds. The molecular weight excluding hydrogens is 328 g/mol. The maximum atomic E-state index is 12.8. The number of rotatable bonds is 3. The molecule has 6 nitrogen and oxygen atoms in total. The molecule has 2 fully saturated rings. The highest BCUT2D eigenvalue weighted by Gasteiger charge is 2.38. The van der Waals surface area contributed by atoms with E-state index in [0.29, 0.717) is 43.1 Å². The Morgan fingerprint density at radius 1 is 1.08 bits per heavy atom. The smallest absolute Gasteiger partial charge is 0.306 e. The van der Waals surface area contributed by atoms with Gasteiger partial charge >= 0.3 is 5.97 Å². The van der Waals surface area contributed by atoms with Crippen molar-refractivity contribution in [1.82, 2.24) is 9.80 Å². The Balaban J connectivity index is 1.66. The zero-order valence-corrected chi connectivity index (χ0v) is 14.1. The number of carbonyl (C=O) groups is 3. The topological polar surface area (TPSA) is 77.9 Å². The number of aliphatic carboxylic acids is 1. The standard InChI is InChI=1S/C17H20N2O4S/c20-15(12-4-2-1-3-5-12)19-11-24-10-14(19)16(21)18-8-6-13(7-9-18)17(22)23/h1-5,13-14H,6-11H2,(H,22,23). The Labute approximate surface area is 144 Å². The molecule has 0 aliphatic carbocycles. The summed E-state index contributed by atoms with van der Waals surface area (Å²) >= 11 is 1.57. The van der Waals surface area contributed by atoms with Crippen LogP contribution in [0.5, 0.6) is 0 Å². The van der Waals surface area contributed by atoms with Gasteiger partial charge in [-0.05, 0) is 25.0 Å². The van der Waals surface area contributed by atoms with Gasteiger partial charge in [-0.25, -0.2) is 0 Å². The predicted molar refractivity (Wildman–Crippen MR) is 90.7 cm³/mol. The minimum absolute atomic E-state index is 0.0619. The molecule has 1 unspecified atom stereocenters. The van der Waals surface area contributed by atoms with Crippen LogP contribution in [0, 0.1) is 5.92 Å². The summed E-state index contributed by atoms with van der Waals surface area (Å²) in [6, 6.07) is 8.53. The molecule has 128 valence electrons. The molecule has 1 N–H and O–H groups in total. The summed E-state index contributed by atoms with van der Waals surface area (Å²) in [7, 11) is 0. The number of likely N-dealkylation sites (tertiary alicyclic amines) is 1. The van der Waals surface area contributed by atoms with E-state index >= 15 is 0 Å². The van der Waals surface area contributed by atoms with Crippen molar-refractivity contribution in [3.63, 3.8) is 0 Å². The number of amides is 2. The number of hydrogen-bond donors (Lipinski definition) is 1. The lowest BCUT2D eigenvalue weighted by Gasteiger charge is -2.34. The van der Waals surface area contributed by atoms with Crippen molar-refractivity contribution in [2.75, 3.05) is 24.7 Å². The Kier molecular flexibility index (Phi) is 5.08. The van der Waals surface area contributed by atoms with E-state index in [4.69, 9.17) is 5.11 Å². The SMILES string of the molecule is O=C(O)C1CCN(C(=O)C2CSCN2C(=O)c2ccccc2)CC1. The molecule has 2 heterocycles. The number of piperidine rings is 1. The van der Waals surface area contributed by atoms with Crippen LogP contribution in [0.25, 0.3) is 0 Å². The molecule has 0 bridgehead atoms. The number of carboxylic acids is 1. The van der Waals surface area contributed by atoms with Gasteiger partial charge in [-0.15, -0.1) is 11.8 Å². The Hall–Kier alpha value is -2.02. The number of nitrogens with zero attached hydrogens (tertiary/aromatic N) is 2. The van der Waals surface area contributed by atoms with E-state index in [2.05, 4.69) is 0 Å². The molecule has 0 radical (unpaired) electrons. The summed E-state index contributed by atoms with van der Waals surface area (Å²) in [5, 5.41) is 9.06.